The summed E-state index contributed by atoms with van der Waals surface area (Å²) in [4.78, 5) is 31.0. The molecule has 0 unspecified atom stereocenters. The maximum Gasteiger partial charge on any atom is 0.255 e. The quantitative estimate of drug-likeness (QED) is 0.354. The Morgan fingerprint density at radius 1 is 0.946 bits per heavy atom. The Labute approximate surface area is 219 Å². The summed E-state index contributed by atoms with van der Waals surface area (Å²) in [6.45, 7) is 3.73. The molecule has 0 aliphatic carbocycles. The zero-order chi connectivity index (χ0) is 25.9. The molecule has 0 spiro atoms. The van der Waals surface area contributed by atoms with Crippen LogP contribution in [0, 0.1) is 12.7 Å². The van der Waals surface area contributed by atoms with Crippen LogP contribution in [0.2, 0.25) is 0 Å². The van der Waals surface area contributed by atoms with Crippen molar-refractivity contribution in [2.75, 3.05) is 33.3 Å². The average Bonchev–Trinajstić information content (AvgIpc) is 3.56. The first-order chi connectivity index (χ1) is 18.0. The number of carbonyl (C=O) groups excluding carboxylic acids is 2. The zero-order valence-corrected chi connectivity index (χ0v) is 21.6. The van der Waals surface area contributed by atoms with E-state index in [1.165, 1.54) is 6.07 Å². The first kappa shape index (κ1) is 24.8. The van der Waals surface area contributed by atoms with E-state index in [1.807, 2.05) is 59.7 Å². The fraction of sp³-hybridized carbons (Fsp3) is 0.241. The molecule has 6 nitrogen and oxygen atoms in total. The lowest BCUT2D eigenvalue weighted by Gasteiger charge is -2.34. The van der Waals surface area contributed by atoms with E-state index in [1.54, 1.807) is 46.1 Å². The van der Waals surface area contributed by atoms with Gasteiger partial charge in [-0.05, 0) is 48.7 Å². The molecule has 1 fully saturated rings. The van der Waals surface area contributed by atoms with E-state index in [-0.39, 0.29) is 17.6 Å². The van der Waals surface area contributed by atoms with Crippen LogP contribution < -0.4 is 4.74 Å². The van der Waals surface area contributed by atoms with Crippen molar-refractivity contribution in [3.05, 3.63) is 94.1 Å². The number of hydrogen-bond acceptors (Lipinski definition) is 4. The molecule has 2 aromatic carbocycles. The van der Waals surface area contributed by atoms with Crippen molar-refractivity contribution in [2.24, 2.45) is 0 Å². The number of para-hydroxylation sites is 1. The van der Waals surface area contributed by atoms with E-state index < -0.39 is 0 Å². The second kappa shape index (κ2) is 10.6. The fourth-order valence-electron chi connectivity index (χ4n) is 4.76. The number of benzene rings is 2. The third-order valence-electron chi connectivity index (χ3n) is 6.76. The van der Waals surface area contributed by atoms with Crippen LogP contribution in [0.4, 0.5) is 4.39 Å². The van der Waals surface area contributed by atoms with Crippen molar-refractivity contribution in [3.8, 4) is 22.7 Å². The minimum atomic E-state index is -0.373. The molecule has 4 aromatic rings. The minimum absolute atomic E-state index is 0.0803. The van der Waals surface area contributed by atoms with Gasteiger partial charge in [0.25, 0.3) is 5.91 Å². The monoisotopic (exact) mass is 517 g/mol. The third kappa shape index (κ3) is 5.02. The van der Waals surface area contributed by atoms with Crippen LogP contribution in [-0.4, -0.2) is 59.5 Å². The molecular formula is C29H28FN3O3S. The van der Waals surface area contributed by atoms with Gasteiger partial charge < -0.3 is 19.1 Å². The van der Waals surface area contributed by atoms with E-state index >= 15 is 0 Å². The van der Waals surface area contributed by atoms with Gasteiger partial charge in [-0.1, -0.05) is 30.3 Å². The number of methoxy groups -OCH3 is 1. The van der Waals surface area contributed by atoms with Gasteiger partial charge in [0.1, 0.15) is 11.6 Å². The van der Waals surface area contributed by atoms with Crippen molar-refractivity contribution in [1.82, 2.24) is 14.4 Å². The summed E-state index contributed by atoms with van der Waals surface area (Å²) in [5.74, 6) is 0.258. The Kier molecular flexibility index (Phi) is 7.10. The van der Waals surface area contributed by atoms with Gasteiger partial charge in [0.2, 0.25) is 5.91 Å². The van der Waals surface area contributed by atoms with Crippen LogP contribution in [0.1, 0.15) is 20.9 Å². The van der Waals surface area contributed by atoms with Gasteiger partial charge in [-0.3, -0.25) is 9.59 Å². The van der Waals surface area contributed by atoms with E-state index in [0.717, 1.165) is 10.4 Å². The Bertz CT molecular complexity index is 1420. The highest BCUT2D eigenvalue weighted by molar-refractivity contribution is 7.10. The number of aromatic nitrogens is 1. The molecule has 0 N–H and O–H groups in total. The van der Waals surface area contributed by atoms with E-state index in [2.05, 4.69) is 0 Å². The van der Waals surface area contributed by atoms with E-state index in [4.69, 9.17) is 4.74 Å². The Morgan fingerprint density at radius 2 is 1.70 bits per heavy atom. The maximum absolute atomic E-state index is 14.9. The van der Waals surface area contributed by atoms with Gasteiger partial charge in [0.05, 0.1) is 30.5 Å². The van der Waals surface area contributed by atoms with Gasteiger partial charge >= 0.3 is 0 Å². The number of rotatable bonds is 6. The number of ether oxygens (including phenoxy) is 1. The summed E-state index contributed by atoms with van der Waals surface area (Å²) in [6, 6.07) is 19.8. The molecule has 1 saturated heterocycles. The van der Waals surface area contributed by atoms with Crippen molar-refractivity contribution in [2.45, 2.75) is 13.3 Å². The van der Waals surface area contributed by atoms with Gasteiger partial charge in [-0.25, -0.2) is 4.39 Å². The molecule has 2 amide bonds. The summed E-state index contributed by atoms with van der Waals surface area (Å²) < 4.78 is 22.1. The number of hydrogen-bond donors (Lipinski definition) is 0. The number of amides is 2. The van der Waals surface area contributed by atoms with Crippen LogP contribution in [-0.2, 0) is 11.2 Å². The molecule has 5 rings (SSSR count). The second-order valence-electron chi connectivity index (χ2n) is 8.98. The van der Waals surface area contributed by atoms with Crippen molar-refractivity contribution >= 4 is 23.2 Å². The summed E-state index contributed by atoms with van der Waals surface area (Å²) in [6.07, 6.45) is 0.389. The standard InChI is InChI=1S/C29H28FN3O3S/c1-20-24(29(35)32-14-12-31(13-15-32)28(34)18-23-9-6-16-37-23)19-27(21-7-5-8-22(17-21)36-2)33(20)26-11-4-3-10-25(26)30/h3-11,16-17,19H,12-15,18H2,1-2H3. The fourth-order valence-corrected chi connectivity index (χ4v) is 5.46. The van der Waals surface area contributed by atoms with Crippen molar-refractivity contribution < 1.29 is 18.7 Å². The molecule has 0 atom stereocenters. The smallest absolute Gasteiger partial charge is 0.255 e. The third-order valence-corrected chi connectivity index (χ3v) is 7.64. The predicted molar refractivity (Wildman–Crippen MR) is 143 cm³/mol. The maximum atomic E-state index is 14.9. The van der Waals surface area contributed by atoms with Crippen LogP contribution in [0.5, 0.6) is 5.75 Å². The molecule has 2 aromatic heterocycles. The number of carbonyl (C=O) groups is 2. The minimum Gasteiger partial charge on any atom is -0.497 e. The number of thiophene rings is 1. The molecular weight excluding hydrogens is 489 g/mol. The lowest BCUT2D eigenvalue weighted by atomic mass is 10.1. The number of piperazine rings is 1. The Hall–Kier alpha value is -3.91. The molecule has 3 heterocycles. The molecule has 37 heavy (non-hydrogen) atoms. The number of halogens is 1. The van der Waals surface area contributed by atoms with Crippen LogP contribution >= 0.6 is 11.3 Å². The molecule has 190 valence electrons. The number of nitrogens with zero attached hydrogens (tertiary/aromatic N) is 3. The normalized spacial score (nSPS) is 13.6. The Morgan fingerprint density at radius 3 is 2.41 bits per heavy atom. The SMILES string of the molecule is COc1cccc(-c2cc(C(=O)N3CCN(C(=O)Cc4cccs4)CC3)c(C)n2-c2ccccc2F)c1. The van der Waals surface area contributed by atoms with Crippen LogP contribution in [0.25, 0.3) is 16.9 Å². The largest absolute Gasteiger partial charge is 0.497 e. The van der Waals surface area contributed by atoms with Gasteiger partial charge in [0.15, 0.2) is 0 Å². The van der Waals surface area contributed by atoms with E-state index in [0.29, 0.717) is 61.0 Å². The molecule has 0 radical (unpaired) electrons. The predicted octanol–water partition coefficient (Wildman–Crippen LogP) is 5.19. The molecule has 0 bridgehead atoms. The van der Waals surface area contributed by atoms with Crippen molar-refractivity contribution in [3.63, 3.8) is 0 Å². The molecule has 0 saturated carbocycles. The lowest BCUT2D eigenvalue weighted by Crippen LogP contribution is -2.51. The van der Waals surface area contributed by atoms with Crippen LogP contribution in [0.3, 0.4) is 0 Å². The summed E-state index contributed by atoms with van der Waals surface area (Å²) in [7, 11) is 1.60. The first-order valence-corrected chi connectivity index (χ1v) is 13.1. The highest BCUT2D eigenvalue weighted by Crippen LogP contribution is 2.33. The zero-order valence-electron chi connectivity index (χ0n) is 20.8. The molecule has 8 heteroatoms. The van der Waals surface area contributed by atoms with Gasteiger partial charge in [0, 0.05) is 42.3 Å². The second-order valence-corrected chi connectivity index (χ2v) is 10.0. The Balaban J connectivity index is 1.42. The topological polar surface area (TPSA) is 54.8 Å². The van der Waals surface area contributed by atoms with Gasteiger partial charge in [-0.15, -0.1) is 11.3 Å². The summed E-state index contributed by atoms with van der Waals surface area (Å²) >= 11 is 1.57. The van der Waals surface area contributed by atoms with E-state index in [9.17, 15) is 14.0 Å². The highest BCUT2D eigenvalue weighted by atomic mass is 32.1. The summed E-state index contributed by atoms with van der Waals surface area (Å²) in [5.41, 5.74) is 3.06. The first-order valence-electron chi connectivity index (χ1n) is 12.2. The average molecular weight is 518 g/mol. The molecule has 1 aliphatic rings. The van der Waals surface area contributed by atoms with Crippen LogP contribution in [0.15, 0.2) is 72.1 Å². The lowest BCUT2D eigenvalue weighted by molar-refractivity contribution is -0.131. The van der Waals surface area contributed by atoms with Gasteiger partial charge in [-0.2, -0.15) is 0 Å². The molecule has 1 aliphatic heterocycles. The van der Waals surface area contributed by atoms with Crippen molar-refractivity contribution in [1.29, 1.82) is 0 Å². The summed E-state index contributed by atoms with van der Waals surface area (Å²) in [5, 5.41) is 1.97. The highest BCUT2D eigenvalue weighted by Gasteiger charge is 2.28.